The first-order valence-electron chi connectivity index (χ1n) is 4.11. The second kappa shape index (κ2) is 4.60. The van der Waals surface area contributed by atoms with Crippen molar-refractivity contribution in [2.75, 3.05) is 13.8 Å². The molecule has 0 fully saturated rings. The van der Waals surface area contributed by atoms with Gasteiger partial charge in [0, 0.05) is 0 Å². The fourth-order valence-corrected chi connectivity index (χ4v) is 1.16. The number of ether oxygens (including phenoxy) is 1. The number of aliphatic carboxylic acids is 1. The van der Waals surface area contributed by atoms with Crippen LogP contribution in [0, 0.1) is 0 Å². The molecule has 0 aliphatic heterocycles. The lowest BCUT2D eigenvalue weighted by molar-refractivity contribution is -0.139. The molecule has 1 N–H and O–H groups in total. The van der Waals surface area contributed by atoms with Crippen molar-refractivity contribution in [2.45, 2.75) is 5.92 Å². The Labute approximate surface area is 81.1 Å². The molecule has 1 atom stereocenters. The summed E-state index contributed by atoms with van der Waals surface area (Å²) in [5.74, 6) is -1.74. The smallest absolute Gasteiger partial charge is 0.313 e. The molecule has 0 radical (unpaired) electrons. The van der Waals surface area contributed by atoms with E-state index in [4.69, 9.17) is 9.84 Å². The predicted octanol–water partition coefficient (Wildman–Crippen LogP) is 1.83. The average Bonchev–Trinajstić information content (AvgIpc) is 2.19. The monoisotopic (exact) mass is 198 g/mol. The molecular weight excluding hydrogens is 187 g/mol. The highest BCUT2D eigenvalue weighted by atomic mass is 19.1. The molecule has 0 bridgehead atoms. The molecule has 0 aliphatic rings. The van der Waals surface area contributed by atoms with Gasteiger partial charge in [0.25, 0.3) is 0 Å². The second-order valence-corrected chi connectivity index (χ2v) is 2.82. The SMILES string of the molecule is COc1cccc(C(CF)C(=O)O)c1. The minimum atomic E-state index is -1.17. The van der Waals surface area contributed by atoms with Crippen LogP contribution in [0.2, 0.25) is 0 Å². The summed E-state index contributed by atoms with van der Waals surface area (Å²) in [6.45, 7) is -0.914. The summed E-state index contributed by atoms with van der Waals surface area (Å²) in [5, 5.41) is 8.71. The van der Waals surface area contributed by atoms with Crippen molar-refractivity contribution in [3.63, 3.8) is 0 Å². The van der Waals surface area contributed by atoms with Gasteiger partial charge in [-0.3, -0.25) is 4.79 Å². The van der Waals surface area contributed by atoms with Crippen LogP contribution in [-0.2, 0) is 4.79 Å². The summed E-state index contributed by atoms with van der Waals surface area (Å²) < 4.78 is 17.3. The van der Waals surface area contributed by atoms with E-state index in [9.17, 15) is 9.18 Å². The van der Waals surface area contributed by atoms with Crippen LogP contribution in [0.15, 0.2) is 24.3 Å². The van der Waals surface area contributed by atoms with Crippen molar-refractivity contribution in [3.05, 3.63) is 29.8 Å². The number of carboxylic acids is 1. The highest BCUT2D eigenvalue weighted by Gasteiger charge is 2.19. The Hall–Kier alpha value is -1.58. The molecule has 4 heteroatoms. The normalized spacial score (nSPS) is 12.1. The molecule has 0 amide bonds. The minimum Gasteiger partial charge on any atom is -0.497 e. The molecule has 76 valence electrons. The van der Waals surface area contributed by atoms with Gasteiger partial charge in [-0.1, -0.05) is 12.1 Å². The predicted molar refractivity (Wildman–Crippen MR) is 49.3 cm³/mol. The van der Waals surface area contributed by atoms with E-state index in [2.05, 4.69) is 0 Å². The average molecular weight is 198 g/mol. The first-order valence-corrected chi connectivity index (χ1v) is 4.11. The second-order valence-electron chi connectivity index (χ2n) is 2.82. The van der Waals surface area contributed by atoms with Crippen molar-refractivity contribution in [1.29, 1.82) is 0 Å². The number of halogens is 1. The Balaban J connectivity index is 2.98. The van der Waals surface area contributed by atoms with E-state index >= 15 is 0 Å². The number of carboxylic acid groups (broad SMARTS) is 1. The van der Waals surface area contributed by atoms with Gasteiger partial charge in [0.1, 0.15) is 18.3 Å². The fourth-order valence-electron chi connectivity index (χ4n) is 1.16. The molecule has 1 aromatic rings. The van der Waals surface area contributed by atoms with Crippen molar-refractivity contribution >= 4 is 5.97 Å². The highest BCUT2D eigenvalue weighted by molar-refractivity contribution is 5.76. The van der Waals surface area contributed by atoms with Gasteiger partial charge < -0.3 is 9.84 Å². The van der Waals surface area contributed by atoms with E-state index in [1.54, 1.807) is 18.2 Å². The van der Waals surface area contributed by atoms with E-state index in [-0.39, 0.29) is 0 Å². The van der Waals surface area contributed by atoms with Crippen molar-refractivity contribution in [2.24, 2.45) is 0 Å². The fraction of sp³-hybridized carbons (Fsp3) is 0.300. The molecule has 0 aromatic heterocycles. The Morgan fingerprint density at radius 2 is 2.36 bits per heavy atom. The van der Waals surface area contributed by atoms with E-state index in [1.165, 1.54) is 13.2 Å². The maximum atomic E-state index is 12.4. The summed E-state index contributed by atoms with van der Waals surface area (Å²) in [5.41, 5.74) is 0.416. The van der Waals surface area contributed by atoms with E-state index in [0.29, 0.717) is 11.3 Å². The first-order chi connectivity index (χ1) is 6.69. The van der Waals surface area contributed by atoms with Crippen molar-refractivity contribution < 1.29 is 19.0 Å². The van der Waals surface area contributed by atoms with Gasteiger partial charge in [0.15, 0.2) is 0 Å². The third-order valence-corrected chi connectivity index (χ3v) is 1.95. The highest BCUT2D eigenvalue weighted by Crippen LogP contribution is 2.21. The standard InChI is InChI=1S/C10H11FO3/c1-14-8-4-2-3-7(5-8)9(6-11)10(12)13/h2-5,9H,6H2,1H3,(H,12,13). The van der Waals surface area contributed by atoms with Crippen LogP contribution in [0.5, 0.6) is 5.75 Å². The van der Waals surface area contributed by atoms with Gasteiger partial charge >= 0.3 is 5.97 Å². The van der Waals surface area contributed by atoms with Crippen molar-refractivity contribution in [1.82, 2.24) is 0 Å². The third kappa shape index (κ3) is 2.22. The molecule has 14 heavy (non-hydrogen) atoms. The maximum Gasteiger partial charge on any atom is 0.313 e. The van der Waals surface area contributed by atoms with E-state index < -0.39 is 18.6 Å². The Morgan fingerprint density at radius 3 is 2.86 bits per heavy atom. The summed E-state index contributed by atoms with van der Waals surface area (Å²) >= 11 is 0. The maximum absolute atomic E-state index is 12.4. The number of hydrogen-bond acceptors (Lipinski definition) is 2. The summed E-state index contributed by atoms with van der Waals surface area (Å²) in [4.78, 5) is 10.6. The number of carbonyl (C=O) groups is 1. The van der Waals surface area contributed by atoms with E-state index in [1.807, 2.05) is 0 Å². The molecule has 0 spiro atoms. The lowest BCUT2D eigenvalue weighted by atomic mass is 10.0. The number of rotatable bonds is 4. The van der Waals surface area contributed by atoms with Gasteiger partial charge in [-0.05, 0) is 17.7 Å². The number of benzene rings is 1. The molecule has 1 aromatic carbocycles. The molecule has 0 heterocycles. The van der Waals surface area contributed by atoms with Gasteiger partial charge in [-0.2, -0.15) is 0 Å². The summed E-state index contributed by atoms with van der Waals surface area (Å²) in [7, 11) is 1.48. The molecule has 0 saturated heterocycles. The van der Waals surface area contributed by atoms with Crippen molar-refractivity contribution in [3.8, 4) is 5.75 Å². The summed E-state index contributed by atoms with van der Waals surface area (Å²) in [6, 6.07) is 6.42. The Morgan fingerprint density at radius 1 is 1.64 bits per heavy atom. The van der Waals surface area contributed by atoms with Crippen LogP contribution in [0.4, 0.5) is 4.39 Å². The molecule has 0 saturated carbocycles. The lowest BCUT2D eigenvalue weighted by Gasteiger charge is -2.09. The zero-order valence-electron chi connectivity index (χ0n) is 7.74. The lowest BCUT2D eigenvalue weighted by Crippen LogP contribution is -2.13. The van der Waals surface area contributed by atoms with Gasteiger partial charge in [0.05, 0.1) is 7.11 Å². The van der Waals surface area contributed by atoms with Gasteiger partial charge in [0.2, 0.25) is 0 Å². The number of methoxy groups -OCH3 is 1. The number of alkyl halides is 1. The molecule has 3 nitrogen and oxygen atoms in total. The zero-order chi connectivity index (χ0) is 10.6. The van der Waals surface area contributed by atoms with Gasteiger partial charge in [-0.25, -0.2) is 4.39 Å². The number of hydrogen-bond donors (Lipinski definition) is 1. The zero-order valence-corrected chi connectivity index (χ0v) is 7.74. The molecule has 0 aliphatic carbocycles. The van der Waals surface area contributed by atoms with Crippen LogP contribution < -0.4 is 4.74 Å². The van der Waals surface area contributed by atoms with Crippen LogP contribution >= 0.6 is 0 Å². The minimum absolute atomic E-state index is 0.416. The van der Waals surface area contributed by atoms with Crippen LogP contribution in [-0.4, -0.2) is 24.9 Å². The van der Waals surface area contributed by atoms with Crippen LogP contribution in [0.3, 0.4) is 0 Å². The first kappa shape index (κ1) is 10.5. The topological polar surface area (TPSA) is 46.5 Å². The summed E-state index contributed by atoms with van der Waals surface area (Å²) in [6.07, 6.45) is 0. The van der Waals surface area contributed by atoms with Gasteiger partial charge in [-0.15, -0.1) is 0 Å². The van der Waals surface area contributed by atoms with Crippen LogP contribution in [0.1, 0.15) is 11.5 Å². The largest absolute Gasteiger partial charge is 0.497 e. The van der Waals surface area contributed by atoms with Crippen LogP contribution in [0.25, 0.3) is 0 Å². The van der Waals surface area contributed by atoms with E-state index in [0.717, 1.165) is 0 Å². The Kier molecular flexibility index (Phi) is 3.45. The molecular formula is C10H11FO3. The third-order valence-electron chi connectivity index (χ3n) is 1.95. The molecule has 1 unspecified atom stereocenters. The quantitative estimate of drug-likeness (QED) is 0.802. The Bertz CT molecular complexity index is 325. The molecule has 1 rings (SSSR count).